The van der Waals surface area contributed by atoms with Crippen molar-refractivity contribution in [1.82, 2.24) is 0 Å². The van der Waals surface area contributed by atoms with Gasteiger partial charge >= 0.3 is 5.97 Å². The lowest BCUT2D eigenvalue weighted by Crippen LogP contribution is -2.40. The van der Waals surface area contributed by atoms with Gasteiger partial charge in [-0.15, -0.1) is 0 Å². The Bertz CT molecular complexity index is 1200. The summed E-state index contributed by atoms with van der Waals surface area (Å²) < 4.78 is 32.3. The number of likely N-dealkylation sites (N-methyl/N-ethyl adjacent to an activating group) is 1. The van der Waals surface area contributed by atoms with Crippen molar-refractivity contribution in [2.45, 2.75) is 24.8 Å². The van der Waals surface area contributed by atoms with E-state index in [2.05, 4.69) is 0 Å². The summed E-state index contributed by atoms with van der Waals surface area (Å²) in [4.78, 5) is 26.9. The van der Waals surface area contributed by atoms with Crippen molar-refractivity contribution in [2.24, 2.45) is 0 Å². The first-order valence-corrected chi connectivity index (χ1v) is 11.9. The summed E-state index contributed by atoms with van der Waals surface area (Å²) in [7, 11) is -2.33. The fraction of sp³-hybridized carbons (Fsp3) is 0.200. The van der Waals surface area contributed by atoms with Gasteiger partial charge in [0.15, 0.2) is 6.10 Å². The van der Waals surface area contributed by atoms with E-state index in [0.29, 0.717) is 17.9 Å². The maximum absolute atomic E-state index is 12.9. The van der Waals surface area contributed by atoms with E-state index in [1.54, 1.807) is 30.3 Å². The molecule has 3 aromatic carbocycles. The molecule has 0 unspecified atom stereocenters. The molecule has 0 saturated carbocycles. The predicted molar refractivity (Wildman–Crippen MR) is 128 cm³/mol. The molecular weight excluding hydrogens is 440 g/mol. The SMILES string of the molecule is CCN(C(=O)[C@@H](C)OC(=O)c1ccc(S(=O)(=O)N(C)c2ccccc2)cc1)c1ccccc1. The number of esters is 1. The molecule has 0 aliphatic carbocycles. The first-order chi connectivity index (χ1) is 15.8. The lowest BCUT2D eigenvalue weighted by Gasteiger charge is -2.24. The third kappa shape index (κ3) is 5.40. The molecule has 0 heterocycles. The number of nitrogens with zero attached hydrogens (tertiary/aromatic N) is 2. The number of para-hydroxylation sites is 2. The van der Waals surface area contributed by atoms with Crippen molar-refractivity contribution in [3.63, 3.8) is 0 Å². The van der Waals surface area contributed by atoms with Crippen molar-refractivity contribution in [3.8, 4) is 0 Å². The normalized spacial score (nSPS) is 12.0. The fourth-order valence-corrected chi connectivity index (χ4v) is 4.47. The van der Waals surface area contributed by atoms with Gasteiger partial charge in [0.05, 0.1) is 16.1 Å². The molecule has 0 spiro atoms. The molecule has 3 rings (SSSR count). The minimum absolute atomic E-state index is 0.0377. The van der Waals surface area contributed by atoms with Gasteiger partial charge < -0.3 is 9.64 Å². The third-order valence-corrected chi connectivity index (χ3v) is 6.95. The number of sulfonamides is 1. The van der Waals surface area contributed by atoms with Crippen LogP contribution in [0.4, 0.5) is 11.4 Å². The van der Waals surface area contributed by atoms with Gasteiger partial charge in [0.2, 0.25) is 0 Å². The van der Waals surface area contributed by atoms with Crippen LogP contribution < -0.4 is 9.21 Å². The van der Waals surface area contributed by atoms with Gasteiger partial charge in [-0.05, 0) is 62.4 Å². The number of hydrogen-bond donors (Lipinski definition) is 0. The molecule has 1 amide bonds. The van der Waals surface area contributed by atoms with Crippen LogP contribution in [0.2, 0.25) is 0 Å². The molecule has 7 nitrogen and oxygen atoms in total. The highest BCUT2D eigenvalue weighted by Crippen LogP contribution is 2.22. The van der Waals surface area contributed by atoms with Gasteiger partial charge in [-0.1, -0.05) is 36.4 Å². The van der Waals surface area contributed by atoms with Crippen LogP contribution in [-0.2, 0) is 19.6 Å². The van der Waals surface area contributed by atoms with E-state index in [0.717, 1.165) is 0 Å². The second-order valence-corrected chi connectivity index (χ2v) is 9.27. The molecule has 0 saturated heterocycles. The second-order valence-electron chi connectivity index (χ2n) is 7.30. The first-order valence-electron chi connectivity index (χ1n) is 10.5. The predicted octanol–water partition coefficient (Wildman–Crippen LogP) is 4.11. The highest BCUT2D eigenvalue weighted by molar-refractivity contribution is 7.92. The Morgan fingerprint density at radius 1 is 0.848 bits per heavy atom. The van der Waals surface area contributed by atoms with Gasteiger partial charge in [0, 0.05) is 19.3 Å². The van der Waals surface area contributed by atoms with E-state index in [4.69, 9.17) is 4.74 Å². The van der Waals surface area contributed by atoms with Crippen LogP contribution in [0, 0.1) is 0 Å². The second kappa shape index (κ2) is 10.3. The van der Waals surface area contributed by atoms with Gasteiger partial charge in [-0.3, -0.25) is 9.10 Å². The summed E-state index contributed by atoms with van der Waals surface area (Å²) in [5, 5.41) is 0. The zero-order valence-corrected chi connectivity index (χ0v) is 19.5. The monoisotopic (exact) mass is 466 g/mol. The molecule has 0 fully saturated rings. The summed E-state index contributed by atoms with van der Waals surface area (Å²) >= 11 is 0. The number of carbonyl (C=O) groups is 2. The number of amides is 1. The lowest BCUT2D eigenvalue weighted by atomic mass is 10.2. The largest absolute Gasteiger partial charge is 0.449 e. The van der Waals surface area contributed by atoms with E-state index < -0.39 is 22.1 Å². The van der Waals surface area contributed by atoms with Crippen molar-refractivity contribution in [2.75, 3.05) is 22.8 Å². The van der Waals surface area contributed by atoms with E-state index in [-0.39, 0.29) is 16.4 Å². The first kappa shape index (κ1) is 24.0. The molecular formula is C25H26N2O5S. The van der Waals surface area contributed by atoms with Crippen molar-refractivity contribution < 1.29 is 22.7 Å². The Morgan fingerprint density at radius 3 is 1.88 bits per heavy atom. The summed E-state index contributed by atoms with van der Waals surface area (Å²) in [5.41, 5.74) is 1.39. The van der Waals surface area contributed by atoms with Crippen LogP contribution in [0.1, 0.15) is 24.2 Å². The molecule has 0 aliphatic heterocycles. The number of hydrogen-bond acceptors (Lipinski definition) is 5. The Morgan fingerprint density at radius 2 is 1.36 bits per heavy atom. The van der Waals surface area contributed by atoms with Gasteiger partial charge in [0.1, 0.15) is 0 Å². The summed E-state index contributed by atoms with van der Waals surface area (Å²) in [6, 6.07) is 23.2. The summed E-state index contributed by atoms with van der Waals surface area (Å²) in [6.45, 7) is 3.77. The minimum atomic E-state index is -3.80. The molecule has 33 heavy (non-hydrogen) atoms. The molecule has 3 aromatic rings. The van der Waals surface area contributed by atoms with Crippen molar-refractivity contribution in [1.29, 1.82) is 0 Å². The molecule has 0 aliphatic rings. The van der Waals surface area contributed by atoms with E-state index in [1.165, 1.54) is 47.4 Å². The fourth-order valence-electron chi connectivity index (χ4n) is 3.27. The van der Waals surface area contributed by atoms with Crippen LogP contribution in [0.15, 0.2) is 89.8 Å². The zero-order chi connectivity index (χ0) is 24.0. The molecule has 0 radical (unpaired) electrons. The molecule has 0 aromatic heterocycles. The Kier molecular flexibility index (Phi) is 7.50. The number of carbonyl (C=O) groups excluding carboxylic acids is 2. The van der Waals surface area contributed by atoms with Crippen LogP contribution in [0.5, 0.6) is 0 Å². The van der Waals surface area contributed by atoms with E-state index in [1.807, 2.05) is 37.3 Å². The van der Waals surface area contributed by atoms with Crippen LogP contribution in [0.25, 0.3) is 0 Å². The summed E-state index contributed by atoms with van der Waals surface area (Å²) in [5.74, 6) is -1.05. The summed E-state index contributed by atoms with van der Waals surface area (Å²) in [6.07, 6.45) is -1.01. The average molecular weight is 467 g/mol. The molecule has 172 valence electrons. The van der Waals surface area contributed by atoms with Gasteiger partial charge in [-0.2, -0.15) is 0 Å². The molecule has 0 N–H and O–H groups in total. The zero-order valence-electron chi connectivity index (χ0n) is 18.7. The third-order valence-electron chi connectivity index (χ3n) is 5.15. The number of anilines is 2. The maximum atomic E-state index is 12.9. The lowest BCUT2D eigenvalue weighted by molar-refractivity contribution is -0.126. The van der Waals surface area contributed by atoms with Gasteiger partial charge in [0.25, 0.3) is 15.9 Å². The highest BCUT2D eigenvalue weighted by Gasteiger charge is 2.25. The van der Waals surface area contributed by atoms with E-state index in [9.17, 15) is 18.0 Å². The Balaban J connectivity index is 1.70. The maximum Gasteiger partial charge on any atom is 0.338 e. The number of benzene rings is 3. The smallest absolute Gasteiger partial charge is 0.338 e. The topological polar surface area (TPSA) is 84.0 Å². The molecule has 1 atom stereocenters. The van der Waals surface area contributed by atoms with Crippen molar-refractivity contribution >= 4 is 33.3 Å². The number of ether oxygens (including phenoxy) is 1. The standard InChI is InChI=1S/C25H26N2O5S/c1-4-27(22-13-9-6-10-14-22)24(28)19(2)32-25(29)20-15-17-23(18-16-20)33(30,31)26(3)21-11-7-5-8-12-21/h5-19H,4H2,1-3H3/t19-/m1/s1. The molecule has 8 heteroatoms. The van der Waals surface area contributed by atoms with E-state index >= 15 is 0 Å². The van der Waals surface area contributed by atoms with Crippen LogP contribution in [-0.4, -0.2) is 40.0 Å². The van der Waals surface area contributed by atoms with Crippen molar-refractivity contribution in [3.05, 3.63) is 90.5 Å². The Hall–Kier alpha value is -3.65. The van der Waals surface area contributed by atoms with Crippen LogP contribution >= 0.6 is 0 Å². The minimum Gasteiger partial charge on any atom is -0.449 e. The Labute approximate surface area is 194 Å². The molecule has 0 bridgehead atoms. The average Bonchev–Trinajstić information content (AvgIpc) is 2.85. The quantitative estimate of drug-likeness (QED) is 0.467. The number of rotatable bonds is 8. The highest BCUT2D eigenvalue weighted by atomic mass is 32.2. The van der Waals surface area contributed by atoms with Gasteiger partial charge in [-0.25, -0.2) is 13.2 Å². The van der Waals surface area contributed by atoms with Crippen LogP contribution in [0.3, 0.4) is 0 Å².